The van der Waals surface area contributed by atoms with Gasteiger partial charge in [-0.3, -0.25) is 9.59 Å². The summed E-state index contributed by atoms with van der Waals surface area (Å²) in [6.45, 7) is 2.16. The molecule has 4 aliphatic rings. The number of nitrogens with one attached hydrogen (secondary N) is 1. The van der Waals surface area contributed by atoms with Crippen molar-refractivity contribution in [2.75, 3.05) is 32.7 Å². The van der Waals surface area contributed by atoms with E-state index in [9.17, 15) is 23.1 Å². The Labute approximate surface area is 229 Å². The van der Waals surface area contributed by atoms with E-state index in [1.807, 2.05) is 24.3 Å². The van der Waals surface area contributed by atoms with E-state index in [4.69, 9.17) is 0 Å². The molecule has 39 heavy (non-hydrogen) atoms. The van der Waals surface area contributed by atoms with Crippen LogP contribution in [0.3, 0.4) is 0 Å². The van der Waals surface area contributed by atoms with Gasteiger partial charge < -0.3 is 14.9 Å². The van der Waals surface area contributed by atoms with Crippen molar-refractivity contribution < 1.29 is 23.1 Å². The van der Waals surface area contributed by atoms with Gasteiger partial charge in [-0.2, -0.15) is 0 Å². The van der Waals surface area contributed by atoms with Crippen molar-refractivity contribution in [3.63, 3.8) is 0 Å². The highest BCUT2D eigenvalue weighted by atomic mass is 32.2. The number of fused-ring (bicyclic) bond motifs is 1. The van der Waals surface area contributed by atoms with Gasteiger partial charge in [-0.05, 0) is 90.3 Å². The normalized spacial score (nSPS) is 20.6. The number of hydrogen-bond acceptors (Lipinski definition) is 5. The minimum Gasteiger partial charge on any atom is -0.380 e. The molecule has 0 bridgehead atoms. The molecule has 206 valence electrons. The second-order valence-electron chi connectivity index (χ2n) is 11.3. The predicted octanol–water partition coefficient (Wildman–Crippen LogP) is 1.36. The van der Waals surface area contributed by atoms with Gasteiger partial charge in [-0.15, -0.1) is 0 Å². The Morgan fingerprint density at radius 1 is 0.949 bits per heavy atom. The Morgan fingerprint density at radius 2 is 1.62 bits per heavy atom. The fraction of sp³-hybridized carbons (Fsp3) is 0.467. The average molecular weight is 550 g/mol. The Balaban J connectivity index is 1.14. The van der Waals surface area contributed by atoms with Crippen LogP contribution < -0.4 is 15.2 Å². The number of carbonyl (C=O) groups is 2. The molecule has 0 atom stereocenters. The molecule has 1 saturated heterocycles. The summed E-state index contributed by atoms with van der Waals surface area (Å²) in [7, 11) is -3.22. The van der Waals surface area contributed by atoms with Crippen LogP contribution in [-0.2, 0) is 14.8 Å². The Hall–Kier alpha value is -3.01. The van der Waals surface area contributed by atoms with Crippen molar-refractivity contribution >= 4 is 33.5 Å². The summed E-state index contributed by atoms with van der Waals surface area (Å²) in [5, 5.41) is 12.1. The van der Waals surface area contributed by atoms with E-state index in [1.165, 1.54) is 0 Å². The maximum atomic E-state index is 13.1. The van der Waals surface area contributed by atoms with E-state index in [0.29, 0.717) is 51.1 Å². The maximum Gasteiger partial charge on any atom is 0.254 e. The Morgan fingerprint density at radius 3 is 2.28 bits per heavy atom. The van der Waals surface area contributed by atoms with Crippen molar-refractivity contribution in [3.05, 3.63) is 58.5 Å². The first kappa shape index (κ1) is 26.2. The molecular weight excluding hydrogens is 514 g/mol. The van der Waals surface area contributed by atoms with Gasteiger partial charge >= 0.3 is 0 Å². The van der Waals surface area contributed by atoms with E-state index in [2.05, 4.69) is 29.0 Å². The zero-order valence-electron chi connectivity index (χ0n) is 22.1. The second-order valence-corrected chi connectivity index (χ2v) is 13.3. The van der Waals surface area contributed by atoms with Crippen LogP contribution >= 0.6 is 0 Å². The van der Waals surface area contributed by atoms with Crippen LogP contribution in [0.15, 0.2) is 42.5 Å². The summed E-state index contributed by atoms with van der Waals surface area (Å²) in [4.78, 5) is 28.9. The van der Waals surface area contributed by atoms with E-state index in [-0.39, 0.29) is 17.1 Å². The third-order valence-corrected chi connectivity index (χ3v) is 10.3. The van der Waals surface area contributed by atoms with Gasteiger partial charge in [0.25, 0.3) is 11.8 Å². The summed E-state index contributed by atoms with van der Waals surface area (Å²) in [5.74, 6) is -0.261. The molecule has 8 nitrogen and oxygen atoms in total. The highest BCUT2D eigenvalue weighted by Gasteiger charge is 2.50. The molecule has 2 aromatic rings. The standard InChI is InChI=1S/C30H35N3O5S/c34-28(32-15-17-33(18-16-32)29(35)30(36)13-14-30)22-7-5-21(6-8-22)23-9-12-27-24(19-23)3-1-2-4-25(27)20-31-39(37,38)26-10-11-26/h3,5-9,12,19,26,31,36H,1-2,4,10-11,13-18,20H2. The molecule has 2 N–H and O–H groups in total. The lowest BCUT2D eigenvalue weighted by Gasteiger charge is -2.35. The number of hydrogen-bond donors (Lipinski definition) is 2. The monoisotopic (exact) mass is 549 g/mol. The van der Waals surface area contributed by atoms with Crippen LogP contribution in [0.5, 0.6) is 0 Å². The SMILES string of the molecule is O=C(c1ccc(-c2ccc3c(c2)=CCCCC=3CNS(=O)(=O)C2CC2)cc1)N1CCN(C(=O)C2(O)CC2)CC1. The molecule has 1 heterocycles. The van der Waals surface area contributed by atoms with Crippen LogP contribution in [0.4, 0.5) is 0 Å². The Kier molecular flexibility index (Phi) is 6.85. The highest BCUT2D eigenvalue weighted by molar-refractivity contribution is 7.90. The van der Waals surface area contributed by atoms with Gasteiger partial charge in [0, 0.05) is 38.3 Å². The third kappa shape index (κ3) is 5.53. The number of benzene rings is 2. The number of amides is 2. The molecule has 2 aromatic carbocycles. The van der Waals surface area contributed by atoms with Gasteiger partial charge in [0.15, 0.2) is 0 Å². The number of nitrogens with zero attached hydrogens (tertiary/aromatic N) is 2. The van der Waals surface area contributed by atoms with Crippen LogP contribution in [0.25, 0.3) is 22.8 Å². The summed E-state index contributed by atoms with van der Waals surface area (Å²) < 4.78 is 27.5. The van der Waals surface area contributed by atoms with Crippen LogP contribution in [0, 0.1) is 0 Å². The molecule has 0 unspecified atom stereocenters. The smallest absolute Gasteiger partial charge is 0.254 e. The molecule has 0 spiro atoms. The zero-order valence-corrected chi connectivity index (χ0v) is 22.9. The van der Waals surface area contributed by atoms with Gasteiger partial charge in [0.05, 0.1) is 5.25 Å². The van der Waals surface area contributed by atoms with E-state index in [0.717, 1.165) is 59.2 Å². The molecule has 0 radical (unpaired) electrons. The molecule has 0 aromatic heterocycles. The first-order valence-electron chi connectivity index (χ1n) is 14.0. The minimum atomic E-state index is -3.22. The number of carbonyl (C=O) groups excluding carboxylic acids is 2. The lowest BCUT2D eigenvalue weighted by molar-refractivity contribution is -0.143. The third-order valence-electron chi connectivity index (χ3n) is 8.37. The number of aliphatic hydroxyl groups is 1. The Bertz CT molecular complexity index is 1520. The zero-order chi connectivity index (χ0) is 27.2. The van der Waals surface area contributed by atoms with Crippen molar-refractivity contribution in [3.8, 4) is 11.1 Å². The van der Waals surface area contributed by atoms with Gasteiger partial charge in [0.1, 0.15) is 5.60 Å². The number of piperazine rings is 1. The molecular formula is C30H35N3O5S. The number of rotatable bonds is 7. The predicted molar refractivity (Wildman–Crippen MR) is 149 cm³/mol. The summed E-state index contributed by atoms with van der Waals surface area (Å²) >= 11 is 0. The molecule has 2 saturated carbocycles. The van der Waals surface area contributed by atoms with Crippen LogP contribution in [0.2, 0.25) is 0 Å². The fourth-order valence-electron chi connectivity index (χ4n) is 5.54. The largest absolute Gasteiger partial charge is 0.380 e. The van der Waals surface area contributed by atoms with Crippen molar-refractivity contribution in [2.45, 2.75) is 55.8 Å². The second kappa shape index (κ2) is 10.2. The molecule has 3 fully saturated rings. The van der Waals surface area contributed by atoms with Crippen LogP contribution in [0.1, 0.15) is 55.3 Å². The lowest BCUT2D eigenvalue weighted by Crippen LogP contribution is -2.53. The van der Waals surface area contributed by atoms with Crippen molar-refractivity contribution in [1.82, 2.24) is 14.5 Å². The first-order chi connectivity index (χ1) is 18.7. The maximum absolute atomic E-state index is 13.1. The van der Waals surface area contributed by atoms with Crippen LogP contribution in [-0.4, -0.2) is 78.7 Å². The lowest BCUT2D eigenvalue weighted by atomic mass is 10.0. The topological polar surface area (TPSA) is 107 Å². The number of sulfonamides is 1. The minimum absolute atomic E-state index is 0.0538. The molecule has 6 rings (SSSR count). The van der Waals surface area contributed by atoms with E-state index >= 15 is 0 Å². The molecule has 9 heteroatoms. The van der Waals surface area contributed by atoms with E-state index in [1.54, 1.807) is 9.80 Å². The summed E-state index contributed by atoms with van der Waals surface area (Å²) in [5.41, 5.74) is 2.63. The quantitative estimate of drug-likeness (QED) is 0.543. The van der Waals surface area contributed by atoms with Crippen molar-refractivity contribution in [1.29, 1.82) is 0 Å². The van der Waals surface area contributed by atoms with Gasteiger partial charge in [-0.25, -0.2) is 13.1 Å². The van der Waals surface area contributed by atoms with Crippen molar-refractivity contribution in [2.24, 2.45) is 0 Å². The molecule has 3 aliphatic carbocycles. The summed E-state index contributed by atoms with van der Waals surface area (Å²) in [6.07, 6.45) is 7.60. The van der Waals surface area contributed by atoms with Gasteiger partial charge in [0.2, 0.25) is 10.0 Å². The average Bonchev–Trinajstić information content (AvgIpc) is 3.87. The highest BCUT2D eigenvalue weighted by Crippen LogP contribution is 2.37. The fourth-order valence-corrected chi connectivity index (χ4v) is 6.90. The molecule has 1 aliphatic heterocycles. The summed E-state index contributed by atoms with van der Waals surface area (Å²) in [6, 6.07) is 13.9. The van der Waals surface area contributed by atoms with Gasteiger partial charge in [-0.1, -0.05) is 30.3 Å². The molecule has 2 amide bonds. The first-order valence-corrected chi connectivity index (χ1v) is 15.5. The van der Waals surface area contributed by atoms with E-state index < -0.39 is 15.6 Å².